The van der Waals surface area contributed by atoms with Gasteiger partial charge in [-0.25, -0.2) is 4.98 Å². The predicted octanol–water partition coefficient (Wildman–Crippen LogP) is 1.02. The van der Waals surface area contributed by atoms with Crippen LogP contribution in [-0.2, 0) is 11.2 Å². The molecule has 2 aliphatic rings. The average molecular weight is 308 g/mol. The van der Waals surface area contributed by atoms with Gasteiger partial charge in [0.05, 0.1) is 17.2 Å². The van der Waals surface area contributed by atoms with E-state index in [0.717, 1.165) is 44.6 Å². The fraction of sp³-hybridized carbons (Fsp3) is 0.733. The van der Waals surface area contributed by atoms with E-state index in [0.29, 0.717) is 12.6 Å². The van der Waals surface area contributed by atoms with E-state index in [9.17, 15) is 4.79 Å². The maximum atomic E-state index is 12.4. The lowest BCUT2D eigenvalue weighted by molar-refractivity contribution is -0.126. The summed E-state index contributed by atoms with van der Waals surface area (Å²) in [6.45, 7) is 3.94. The first-order valence-electron chi connectivity index (χ1n) is 7.96. The summed E-state index contributed by atoms with van der Waals surface area (Å²) in [6.07, 6.45) is 5.32. The van der Waals surface area contributed by atoms with Gasteiger partial charge in [-0.1, -0.05) is 0 Å². The minimum absolute atomic E-state index is 0.0866. The number of amides is 1. The smallest absolute Gasteiger partial charge is 0.237 e. The average Bonchev–Trinajstić information content (AvgIpc) is 3.19. The second kappa shape index (κ2) is 7.33. The van der Waals surface area contributed by atoms with Gasteiger partial charge in [0.25, 0.3) is 0 Å². The molecule has 2 N–H and O–H groups in total. The van der Waals surface area contributed by atoms with Crippen LogP contribution < -0.4 is 10.6 Å². The zero-order valence-corrected chi connectivity index (χ0v) is 13.2. The first-order valence-corrected chi connectivity index (χ1v) is 8.90. The van der Waals surface area contributed by atoms with Gasteiger partial charge in [-0.2, -0.15) is 0 Å². The SMILES string of the molecule is O=C(NCCc1cscn1)C1CCCN1C1CCNCC1. The van der Waals surface area contributed by atoms with E-state index < -0.39 is 0 Å². The number of nitrogens with one attached hydrogen (secondary N) is 2. The Morgan fingerprint density at radius 3 is 3.05 bits per heavy atom. The Morgan fingerprint density at radius 1 is 1.43 bits per heavy atom. The number of rotatable bonds is 5. The molecular weight excluding hydrogens is 284 g/mol. The third-order valence-corrected chi connectivity index (χ3v) is 5.17. The molecule has 21 heavy (non-hydrogen) atoms. The molecule has 1 atom stereocenters. The summed E-state index contributed by atoms with van der Waals surface area (Å²) in [4.78, 5) is 19.1. The molecule has 2 aliphatic heterocycles. The zero-order valence-electron chi connectivity index (χ0n) is 12.4. The number of nitrogens with zero attached hydrogens (tertiary/aromatic N) is 2. The van der Waals surface area contributed by atoms with E-state index in [1.165, 1.54) is 12.8 Å². The number of carbonyl (C=O) groups is 1. The Kier molecular flexibility index (Phi) is 5.22. The number of hydrogen-bond donors (Lipinski definition) is 2. The lowest BCUT2D eigenvalue weighted by atomic mass is 10.0. The third kappa shape index (κ3) is 3.81. The first kappa shape index (κ1) is 14.9. The Morgan fingerprint density at radius 2 is 2.29 bits per heavy atom. The van der Waals surface area contributed by atoms with Gasteiger partial charge < -0.3 is 10.6 Å². The predicted molar refractivity (Wildman–Crippen MR) is 84.4 cm³/mol. The van der Waals surface area contributed by atoms with E-state index in [2.05, 4.69) is 20.5 Å². The van der Waals surface area contributed by atoms with Crippen LogP contribution in [0.5, 0.6) is 0 Å². The molecule has 1 aromatic heterocycles. The van der Waals surface area contributed by atoms with Crippen molar-refractivity contribution < 1.29 is 4.79 Å². The Hall–Kier alpha value is -0.980. The van der Waals surface area contributed by atoms with Gasteiger partial charge >= 0.3 is 0 Å². The molecule has 2 fully saturated rings. The highest BCUT2D eigenvalue weighted by Crippen LogP contribution is 2.24. The topological polar surface area (TPSA) is 57.3 Å². The van der Waals surface area contributed by atoms with Gasteiger partial charge in [0.1, 0.15) is 0 Å². The molecule has 1 unspecified atom stereocenters. The Labute approximate surface area is 130 Å². The summed E-state index contributed by atoms with van der Waals surface area (Å²) in [5.74, 6) is 0.210. The van der Waals surface area contributed by atoms with E-state index in [1.807, 2.05) is 10.9 Å². The molecule has 1 aromatic rings. The van der Waals surface area contributed by atoms with Crippen LogP contribution in [0.4, 0.5) is 0 Å². The van der Waals surface area contributed by atoms with Crippen molar-refractivity contribution in [3.8, 4) is 0 Å². The highest BCUT2D eigenvalue weighted by molar-refractivity contribution is 7.07. The molecule has 3 rings (SSSR count). The normalized spacial score (nSPS) is 24.3. The van der Waals surface area contributed by atoms with Crippen molar-refractivity contribution in [2.24, 2.45) is 0 Å². The summed E-state index contributed by atoms with van der Waals surface area (Å²) >= 11 is 1.60. The van der Waals surface area contributed by atoms with Crippen molar-refractivity contribution in [2.45, 2.75) is 44.2 Å². The van der Waals surface area contributed by atoms with Crippen LogP contribution in [-0.4, -0.2) is 54.1 Å². The third-order valence-electron chi connectivity index (χ3n) is 4.54. The molecule has 5 nitrogen and oxygen atoms in total. The summed E-state index contributed by atoms with van der Waals surface area (Å²) in [6, 6.07) is 0.673. The number of likely N-dealkylation sites (tertiary alicyclic amines) is 1. The zero-order chi connectivity index (χ0) is 14.5. The van der Waals surface area contributed by atoms with E-state index in [4.69, 9.17) is 0 Å². The van der Waals surface area contributed by atoms with E-state index in [1.54, 1.807) is 11.3 Å². The van der Waals surface area contributed by atoms with Gasteiger partial charge in [-0.05, 0) is 45.3 Å². The molecule has 6 heteroatoms. The fourth-order valence-electron chi connectivity index (χ4n) is 3.44. The number of hydrogen-bond acceptors (Lipinski definition) is 5. The molecule has 0 bridgehead atoms. The molecule has 0 aliphatic carbocycles. The summed E-state index contributed by atoms with van der Waals surface area (Å²) < 4.78 is 0. The van der Waals surface area contributed by atoms with Gasteiger partial charge in [-0.3, -0.25) is 9.69 Å². The maximum Gasteiger partial charge on any atom is 0.237 e. The van der Waals surface area contributed by atoms with Crippen molar-refractivity contribution in [1.29, 1.82) is 0 Å². The van der Waals surface area contributed by atoms with Crippen LogP contribution in [0, 0.1) is 0 Å². The molecule has 0 aromatic carbocycles. The quantitative estimate of drug-likeness (QED) is 0.853. The number of aromatic nitrogens is 1. The van der Waals surface area contributed by atoms with Gasteiger partial charge in [-0.15, -0.1) is 11.3 Å². The van der Waals surface area contributed by atoms with Crippen LogP contribution in [0.1, 0.15) is 31.4 Å². The largest absolute Gasteiger partial charge is 0.354 e. The van der Waals surface area contributed by atoms with Crippen molar-refractivity contribution in [2.75, 3.05) is 26.2 Å². The molecule has 0 spiro atoms. The van der Waals surface area contributed by atoms with Crippen molar-refractivity contribution >= 4 is 17.2 Å². The summed E-state index contributed by atoms with van der Waals surface area (Å²) in [7, 11) is 0. The molecular formula is C15H24N4OS. The molecule has 0 radical (unpaired) electrons. The molecule has 116 valence electrons. The van der Waals surface area contributed by atoms with Crippen LogP contribution in [0.25, 0.3) is 0 Å². The number of carbonyl (C=O) groups excluding carboxylic acids is 1. The van der Waals surface area contributed by atoms with Crippen molar-refractivity contribution in [3.63, 3.8) is 0 Å². The molecule has 1 amide bonds. The summed E-state index contributed by atoms with van der Waals surface area (Å²) in [5.41, 5.74) is 2.91. The summed E-state index contributed by atoms with van der Waals surface area (Å²) in [5, 5.41) is 8.54. The fourth-order valence-corrected chi connectivity index (χ4v) is 4.03. The number of piperidine rings is 1. The highest BCUT2D eigenvalue weighted by Gasteiger charge is 2.35. The van der Waals surface area contributed by atoms with E-state index >= 15 is 0 Å². The minimum Gasteiger partial charge on any atom is -0.354 e. The molecule has 0 saturated carbocycles. The molecule has 3 heterocycles. The van der Waals surface area contributed by atoms with Gasteiger partial charge in [0.15, 0.2) is 0 Å². The van der Waals surface area contributed by atoms with Crippen LogP contribution in [0.2, 0.25) is 0 Å². The maximum absolute atomic E-state index is 12.4. The first-order chi connectivity index (χ1) is 10.3. The second-order valence-corrected chi connectivity index (χ2v) is 6.62. The van der Waals surface area contributed by atoms with Crippen molar-refractivity contribution in [3.05, 3.63) is 16.6 Å². The van der Waals surface area contributed by atoms with Crippen LogP contribution >= 0.6 is 11.3 Å². The van der Waals surface area contributed by atoms with Crippen molar-refractivity contribution in [1.82, 2.24) is 20.5 Å². The lowest BCUT2D eigenvalue weighted by Crippen LogP contribution is -2.50. The Bertz CT molecular complexity index is 445. The van der Waals surface area contributed by atoms with Crippen LogP contribution in [0.3, 0.4) is 0 Å². The second-order valence-electron chi connectivity index (χ2n) is 5.90. The molecule has 2 saturated heterocycles. The Balaban J connectivity index is 1.48. The minimum atomic E-state index is 0.0866. The highest BCUT2D eigenvalue weighted by atomic mass is 32.1. The van der Waals surface area contributed by atoms with E-state index in [-0.39, 0.29) is 11.9 Å². The van der Waals surface area contributed by atoms with Crippen LogP contribution in [0.15, 0.2) is 10.9 Å². The monoisotopic (exact) mass is 308 g/mol. The number of thiazole rings is 1. The van der Waals surface area contributed by atoms with Gasteiger partial charge in [0, 0.05) is 24.4 Å². The lowest BCUT2D eigenvalue weighted by Gasteiger charge is -2.35. The standard InChI is InChI=1S/C15H24N4OS/c20-15(17-8-3-12-10-21-11-18-12)14-2-1-9-19(14)13-4-6-16-7-5-13/h10-11,13-14,16H,1-9H2,(H,17,20). The van der Waals surface area contributed by atoms with Gasteiger partial charge in [0.2, 0.25) is 5.91 Å².